The molecule has 1 N–H and O–H groups in total. The lowest BCUT2D eigenvalue weighted by atomic mass is 10.1. The minimum absolute atomic E-state index is 0.417. The second-order valence-electron chi connectivity index (χ2n) is 4.49. The SMILES string of the molecule is CCc1cc(CC(O)Cc2ccccn2)n(C)n1. The number of aliphatic hydroxyl groups excluding tert-OH is 1. The van der Waals surface area contributed by atoms with E-state index in [4.69, 9.17) is 0 Å². The van der Waals surface area contributed by atoms with E-state index in [2.05, 4.69) is 23.1 Å². The highest BCUT2D eigenvalue weighted by molar-refractivity contribution is 5.12. The summed E-state index contributed by atoms with van der Waals surface area (Å²) in [5.41, 5.74) is 3.05. The van der Waals surface area contributed by atoms with E-state index in [1.807, 2.05) is 29.9 Å². The molecule has 0 aliphatic heterocycles. The van der Waals surface area contributed by atoms with Gasteiger partial charge in [-0.25, -0.2) is 0 Å². The summed E-state index contributed by atoms with van der Waals surface area (Å²) in [4.78, 5) is 4.22. The maximum atomic E-state index is 10.1. The van der Waals surface area contributed by atoms with Crippen molar-refractivity contribution in [3.8, 4) is 0 Å². The van der Waals surface area contributed by atoms with Gasteiger partial charge in [-0.2, -0.15) is 5.10 Å². The fraction of sp³-hybridized carbons (Fsp3) is 0.429. The largest absolute Gasteiger partial charge is 0.392 e. The minimum atomic E-state index is -0.417. The van der Waals surface area contributed by atoms with Crippen LogP contribution in [0.5, 0.6) is 0 Å². The fourth-order valence-electron chi connectivity index (χ4n) is 2.01. The van der Waals surface area contributed by atoms with Gasteiger partial charge in [0, 0.05) is 37.5 Å². The Balaban J connectivity index is 1.98. The smallest absolute Gasteiger partial charge is 0.0650 e. The molecule has 4 heteroatoms. The molecule has 0 saturated carbocycles. The summed E-state index contributed by atoms with van der Waals surface area (Å²) in [5.74, 6) is 0. The van der Waals surface area contributed by atoms with E-state index in [1.165, 1.54) is 0 Å². The van der Waals surface area contributed by atoms with E-state index in [1.54, 1.807) is 6.20 Å². The lowest BCUT2D eigenvalue weighted by molar-refractivity contribution is 0.171. The molecule has 0 fully saturated rings. The molecular formula is C14H19N3O. The third kappa shape index (κ3) is 3.17. The Morgan fingerprint density at radius 2 is 2.11 bits per heavy atom. The van der Waals surface area contributed by atoms with Crippen molar-refractivity contribution >= 4 is 0 Å². The van der Waals surface area contributed by atoms with Crippen molar-refractivity contribution in [1.82, 2.24) is 14.8 Å². The number of nitrogens with zero attached hydrogens (tertiary/aromatic N) is 3. The van der Waals surface area contributed by atoms with Crippen molar-refractivity contribution < 1.29 is 5.11 Å². The van der Waals surface area contributed by atoms with Crippen LogP contribution in [0, 0.1) is 0 Å². The van der Waals surface area contributed by atoms with E-state index >= 15 is 0 Å². The molecule has 1 atom stereocenters. The molecule has 2 heterocycles. The van der Waals surface area contributed by atoms with Crippen LogP contribution in [-0.4, -0.2) is 26.0 Å². The Morgan fingerprint density at radius 3 is 2.72 bits per heavy atom. The van der Waals surface area contributed by atoms with E-state index < -0.39 is 6.10 Å². The van der Waals surface area contributed by atoms with Crippen molar-refractivity contribution in [2.24, 2.45) is 7.05 Å². The van der Waals surface area contributed by atoms with Gasteiger partial charge in [-0.15, -0.1) is 0 Å². The van der Waals surface area contributed by atoms with E-state index in [9.17, 15) is 5.11 Å². The van der Waals surface area contributed by atoms with Crippen molar-refractivity contribution in [2.45, 2.75) is 32.3 Å². The predicted molar refractivity (Wildman–Crippen MR) is 70.2 cm³/mol. The second kappa shape index (κ2) is 5.78. The van der Waals surface area contributed by atoms with Crippen LogP contribution in [0.2, 0.25) is 0 Å². The van der Waals surface area contributed by atoms with Gasteiger partial charge < -0.3 is 5.11 Å². The number of hydrogen-bond acceptors (Lipinski definition) is 3. The van der Waals surface area contributed by atoms with Gasteiger partial charge in [-0.3, -0.25) is 9.67 Å². The van der Waals surface area contributed by atoms with Gasteiger partial charge in [0.05, 0.1) is 11.8 Å². The van der Waals surface area contributed by atoms with Gasteiger partial charge in [0.2, 0.25) is 0 Å². The van der Waals surface area contributed by atoms with Crippen LogP contribution in [0.25, 0.3) is 0 Å². The monoisotopic (exact) mass is 245 g/mol. The van der Waals surface area contributed by atoms with Crippen LogP contribution in [0.1, 0.15) is 24.0 Å². The number of aliphatic hydroxyl groups is 1. The number of aryl methyl sites for hydroxylation is 2. The van der Waals surface area contributed by atoms with Crippen LogP contribution in [-0.2, 0) is 26.3 Å². The third-order valence-corrected chi connectivity index (χ3v) is 3.01. The lowest BCUT2D eigenvalue weighted by Crippen LogP contribution is -2.16. The molecule has 0 spiro atoms. The highest BCUT2D eigenvalue weighted by Gasteiger charge is 2.11. The fourth-order valence-corrected chi connectivity index (χ4v) is 2.01. The van der Waals surface area contributed by atoms with Crippen LogP contribution >= 0.6 is 0 Å². The first-order valence-corrected chi connectivity index (χ1v) is 6.28. The maximum Gasteiger partial charge on any atom is 0.0650 e. The van der Waals surface area contributed by atoms with Gasteiger partial charge in [-0.1, -0.05) is 13.0 Å². The van der Waals surface area contributed by atoms with E-state index in [0.717, 1.165) is 23.5 Å². The molecule has 0 aliphatic rings. The van der Waals surface area contributed by atoms with Crippen molar-refractivity contribution in [3.63, 3.8) is 0 Å². The molecule has 0 saturated heterocycles. The summed E-state index contributed by atoms with van der Waals surface area (Å²) in [6.45, 7) is 2.08. The maximum absolute atomic E-state index is 10.1. The summed E-state index contributed by atoms with van der Waals surface area (Å²) < 4.78 is 1.85. The van der Waals surface area contributed by atoms with Crippen LogP contribution in [0.3, 0.4) is 0 Å². The molecule has 0 amide bonds. The molecule has 4 nitrogen and oxygen atoms in total. The van der Waals surface area contributed by atoms with Gasteiger partial charge in [0.1, 0.15) is 0 Å². The highest BCUT2D eigenvalue weighted by Crippen LogP contribution is 2.09. The summed E-state index contributed by atoms with van der Waals surface area (Å²) in [5, 5.41) is 14.5. The number of rotatable bonds is 5. The third-order valence-electron chi connectivity index (χ3n) is 3.01. The first kappa shape index (κ1) is 12.8. The average molecular weight is 245 g/mol. The van der Waals surface area contributed by atoms with Crippen LogP contribution in [0.15, 0.2) is 30.5 Å². The van der Waals surface area contributed by atoms with Gasteiger partial charge >= 0.3 is 0 Å². The van der Waals surface area contributed by atoms with Crippen LogP contribution < -0.4 is 0 Å². The van der Waals surface area contributed by atoms with Crippen molar-refractivity contribution in [2.75, 3.05) is 0 Å². The molecule has 2 rings (SSSR count). The summed E-state index contributed by atoms with van der Waals surface area (Å²) in [7, 11) is 1.92. The van der Waals surface area contributed by atoms with Crippen molar-refractivity contribution in [3.05, 3.63) is 47.5 Å². The normalized spacial score (nSPS) is 12.6. The number of aromatic nitrogens is 3. The Kier molecular flexibility index (Phi) is 4.10. The van der Waals surface area contributed by atoms with Gasteiger partial charge in [-0.05, 0) is 24.6 Å². The van der Waals surface area contributed by atoms with Crippen LogP contribution in [0.4, 0.5) is 0 Å². The second-order valence-corrected chi connectivity index (χ2v) is 4.49. The zero-order valence-corrected chi connectivity index (χ0v) is 10.9. The topological polar surface area (TPSA) is 50.9 Å². The van der Waals surface area contributed by atoms with E-state index in [-0.39, 0.29) is 0 Å². The predicted octanol–water partition coefficient (Wildman–Crippen LogP) is 1.52. The Hall–Kier alpha value is -1.68. The molecular weight excluding hydrogens is 226 g/mol. The summed E-state index contributed by atoms with van der Waals surface area (Å²) in [6, 6.07) is 7.81. The molecule has 0 bridgehead atoms. The standard InChI is InChI=1S/C14H19N3O/c1-3-11-8-13(17(2)16-11)10-14(18)9-12-6-4-5-7-15-12/h4-8,14,18H,3,9-10H2,1-2H3. The van der Waals surface area contributed by atoms with Crippen molar-refractivity contribution in [1.29, 1.82) is 0 Å². The first-order chi connectivity index (χ1) is 8.69. The molecule has 18 heavy (non-hydrogen) atoms. The quantitative estimate of drug-likeness (QED) is 0.869. The minimum Gasteiger partial charge on any atom is -0.392 e. The molecule has 0 aromatic carbocycles. The molecule has 0 radical (unpaired) electrons. The van der Waals surface area contributed by atoms with Gasteiger partial charge in [0.15, 0.2) is 0 Å². The number of hydrogen-bond donors (Lipinski definition) is 1. The summed E-state index contributed by atoms with van der Waals surface area (Å²) in [6.07, 6.45) is 3.44. The molecule has 2 aromatic heterocycles. The molecule has 1 unspecified atom stereocenters. The number of pyridine rings is 1. The lowest BCUT2D eigenvalue weighted by Gasteiger charge is -2.09. The Bertz CT molecular complexity index is 493. The van der Waals surface area contributed by atoms with E-state index in [0.29, 0.717) is 12.8 Å². The zero-order valence-electron chi connectivity index (χ0n) is 10.9. The summed E-state index contributed by atoms with van der Waals surface area (Å²) >= 11 is 0. The molecule has 2 aromatic rings. The Labute approximate surface area is 107 Å². The first-order valence-electron chi connectivity index (χ1n) is 6.28. The Morgan fingerprint density at radius 1 is 1.28 bits per heavy atom. The molecule has 0 aliphatic carbocycles. The highest BCUT2D eigenvalue weighted by atomic mass is 16.3. The van der Waals surface area contributed by atoms with Gasteiger partial charge in [0.25, 0.3) is 0 Å². The average Bonchev–Trinajstić information content (AvgIpc) is 2.71. The molecule has 96 valence electrons. The zero-order chi connectivity index (χ0) is 13.0.